The summed E-state index contributed by atoms with van der Waals surface area (Å²) in [5.41, 5.74) is 5.21. The van der Waals surface area contributed by atoms with Crippen LogP contribution < -0.4 is 10.5 Å². The van der Waals surface area contributed by atoms with E-state index in [-0.39, 0.29) is 5.84 Å². The van der Waals surface area contributed by atoms with Gasteiger partial charge < -0.3 is 10.5 Å². The fourth-order valence-corrected chi connectivity index (χ4v) is 0.813. The smallest absolute Gasteiger partial charge is 0.393 e. The van der Waals surface area contributed by atoms with Crippen LogP contribution in [0.1, 0.15) is 0 Å². The van der Waals surface area contributed by atoms with Gasteiger partial charge in [0.05, 0.1) is 0 Å². The molecule has 0 fully saturated rings. The number of benzene rings is 1. The Kier molecular flexibility index (Phi) is 4.88. The molecule has 0 saturated carbocycles. The van der Waals surface area contributed by atoms with E-state index in [0.717, 1.165) is 0 Å². The van der Waals surface area contributed by atoms with Crippen LogP contribution in [0.3, 0.4) is 0 Å². The number of hydrogen-bond acceptors (Lipinski definition) is 4. The van der Waals surface area contributed by atoms with Gasteiger partial charge in [-0.05, 0) is 12.1 Å². The molecule has 86 valence electrons. The highest BCUT2D eigenvalue weighted by Gasteiger charge is 2.09. The number of carbonyl (C=O) groups excluding carboxylic acids is 1. The molecule has 0 atom stereocenters. The summed E-state index contributed by atoms with van der Waals surface area (Å²) in [4.78, 5) is 14.3. The average molecular weight is 263 g/mol. The summed E-state index contributed by atoms with van der Waals surface area (Å²) in [5.74, 6) is 0.0999. The van der Waals surface area contributed by atoms with Gasteiger partial charge in [0.15, 0.2) is 10.7 Å². The minimum atomic E-state index is -1.04. The van der Waals surface area contributed by atoms with Crippen LogP contribution in [0, 0.1) is 0 Å². The SMILES string of the molecule is N/C(=N/OC(=O)Oc1ccccc1)C(Cl)Cl. The fourth-order valence-electron chi connectivity index (χ4n) is 0.733. The van der Waals surface area contributed by atoms with E-state index < -0.39 is 11.0 Å². The number of amidine groups is 1. The molecule has 0 unspecified atom stereocenters. The van der Waals surface area contributed by atoms with Gasteiger partial charge in [-0.25, -0.2) is 4.79 Å². The molecule has 16 heavy (non-hydrogen) atoms. The van der Waals surface area contributed by atoms with Crippen molar-refractivity contribution in [1.82, 2.24) is 0 Å². The van der Waals surface area contributed by atoms with Crippen molar-refractivity contribution in [1.29, 1.82) is 0 Å². The molecule has 5 nitrogen and oxygen atoms in total. The number of para-hydroxylation sites is 1. The van der Waals surface area contributed by atoms with Gasteiger partial charge in [0.1, 0.15) is 5.75 Å². The highest BCUT2D eigenvalue weighted by Crippen LogP contribution is 2.09. The third-order valence-corrected chi connectivity index (χ3v) is 1.84. The largest absolute Gasteiger partial charge is 0.540 e. The lowest BCUT2D eigenvalue weighted by Crippen LogP contribution is -2.21. The summed E-state index contributed by atoms with van der Waals surface area (Å²) in [6.45, 7) is 0. The Morgan fingerprint density at radius 3 is 2.50 bits per heavy atom. The van der Waals surface area contributed by atoms with Crippen LogP contribution in [0.5, 0.6) is 5.75 Å². The van der Waals surface area contributed by atoms with Crippen LogP contribution in [0.25, 0.3) is 0 Å². The lowest BCUT2D eigenvalue weighted by molar-refractivity contribution is 0.102. The van der Waals surface area contributed by atoms with Gasteiger partial charge in [0, 0.05) is 0 Å². The Hall–Kier alpha value is -1.46. The summed E-state index contributed by atoms with van der Waals surface area (Å²) >= 11 is 10.7. The van der Waals surface area contributed by atoms with Crippen LogP contribution in [-0.4, -0.2) is 16.8 Å². The third kappa shape index (κ3) is 4.37. The second-order valence-corrected chi connectivity index (χ2v) is 3.67. The molecule has 0 radical (unpaired) electrons. The van der Waals surface area contributed by atoms with Gasteiger partial charge in [0.2, 0.25) is 0 Å². The lowest BCUT2D eigenvalue weighted by atomic mass is 10.3. The number of nitrogens with zero attached hydrogens (tertiary/aromatic N) is 1. The van der Waals surface area contributed by atoms with Crippen molar-refractivity contribution in [3.05, 3.63) is 30.3 Å². The van der Waals surface area contributed by atoms with Crippen molar-refractivity contribution in [3.63, 3.8) is 0 Å². The minimum Gasteiger partial charge on any atom is -0.393 e. The van der Waals surface area contributed by atoms with Crippen molar-refractivity contribution in [2.24, 2.45) is 10.9 Å². The average Bonchev–Trinajstić information content (AvgIpc) is 2.27. The van der Waals surface area contributed by atoms with E-state index in [4.69, 9.17) is 33.7 Å². The van der Waals surface area contributed by atoms with Crippen LogP contribution in [0.15, 0.2) is 35.5 Å². The quantitative estimate of drug-likeness (QED) is 0.173. The van der Waals surface area contributed by atoms with Crippen LogP contribution in [-0.2, 0) is 4.84 Å². The summed E-state index contributed by atoms with van der Waals surface area (Å²) in [5, 5.41) is 3.18. The number of ether oxygens (including phenoxy) is 1. The Bertz CT molecular complexity index is 382. The molecule has 0 bridgehead atoms. The molecule has 0 saturated heterocycles. The molecular weight excluding hydrogens is 255 g/mol. The highest BCUT2D eigenvalue weighted by molar-refractivity contribution is 6.53. The summed E-state index contributed by atoms with van der Waals surface area (Å²) in [6, 6.07) is 8.35. The molecule has 1 aromatic rings. The van der Waals surface area contributed by atoms with E-state index in [0.29, 0.717) is 5.75 Å². The van der Waals surface area contributed by atoms with Gasteiger partial charge in [-0.2, -0.15) is 0 Å². The Balaban J connectivity index is 2.46. The predicted octanol–water partition coefficient (Wildman–Crippen LogP) is 2.28. The molecule has 0 aliphatic heterocycles. The first-order valence-electron chi connectivity index (χ1n) is 4.15. The maximum atomic E-state index is 11.0. The van der Waals surface area contributed by atoms with E-state index in [1.54, 1.807) is 30.3 Å². The zero-order valence-electron chi connectivity index (χ0n) is 7.97. The standard InChI is InChI=1S/C9H8Cl2N2O3/c10-7(11)8(12)13-16-9(14)15-6-4-2-1-3-5-6/h1-5,7H,(H2,12,13). The second kappa shape index (κ2) is 6.19. The van der Waals surface area contributed by atoms with E-state index in [1.807, 2.05) is 0 Å². The maximum Gasteiger partial charge on any atom is 0.540 e. The van der Waals surface area contributed by atoms with Crippen molar-refractivity contribution < 1.29 is 14.4 Å². The first-order valence-corrected chi connectivity index (χ1v) is 5.02. The fraction of sp³-hybridized carbons (Fsp3) is 0.111. The normalized spacial score (nSPS) is 11.3. The Labute approximate surface area is 102 Å². The number of nitrogens with two attached hydrogens (primary N) is 1. The summed E-state index contributed by atoms with van der Waals surface area (Å²) in [7, 11) is 0. The molecule has 2 N–H and O–H groups in total. The zero-order valence-corrected chi connectivity index (χ0v) is 9.48. The van der Waals surface area contributed by atoms with Crippen molar-refractivity contribution in [2.45, 2.75) is 4.84 Å². The van der Waals surface area contributed by atoms with E-state index >= 15 is 0 Å². The first kappa shape index (κ1) is 12.6. The second-order valence-electron chi connectivity index (χ2n) is 2.57. The topological polar surface area (TPSA) is 73.9 Å². The molecule has 7 heteroatoms. The summed E-state index contributed by atoms with van der Waals surface area (Å²) in [6.07, 6.45) is -1.02. The molecule has 0 aliphatic rings. The van der Waals surface area contributed by atoms with Crippen LogP contribution >= 0.6 is 23.2 Å². The van der Waals surface area contributed by atoms with E-state index in [9.17, 15) is 4.79 Å². The maximum absolute atomic E-state index is 11.0. The highest BCUT2D eigenvalue weighted by atomic mass is 35.5. The number of hydrogen-bond donors (Lipinski definition) is 1. The zero-order chi connectivity index (χ0) is 12.0. The Morgan fingerprint density at radius 1 is 1.31 bits per heavy atom. The van der Waals surface area contributed by atoms with Gasteiger partial charge in [-0.1, -0.05) is 46.6 Å². The number of oxime groups is 1. The molecule has 0 amide bonds. The van der Waals surface area contributed by atoms with Crippen LogP contribution in [0.2, 0.25) is 0 Å². The number of rotatable bonds is 3. The van der Waals surface area contributed by atoms with E-state index in [2.05, 4.69) is 9.99 Å². The molecule has 0 aromatic heterocycles. The molecular formula is C9H8Cl2N2O3. The predicted molar refractivity (Wildman–Crippen MR) is 60.7 cm³/mol. The lowest BCUT2D eigenvalue weighted by Gasteiger charge is -2.02. The van der Waals surface area contributed by atoms with Gasteiger partial charge >= 0.3 is 6.16 Å². The molecule has 0 aliphatic carbocycles. The van der Waals surface area contributed by atoms with Gasteiger partial charge in [-0.15, -0.1) is 0 Å². The molecule has 0 spiro atoms. The molecule has 0 heterocycles. The number of alkyl halides is 2. The van der Waals surface area contributed by atoms with Crippen molar-refractivity contribution in [3.8, 4) is 5.75 Å². The molecule has 1 rings (SSSR count). The summed E-state index contributed by atoms with van der Waals surface area (Å²) < 4.78 is 4.73. The van der Waals surface area contributed by atoms with Gasteiger partial charge in [0.25, 0.3) is 0 Å². The number of carbonyl (C=O) groups is 1. The van der Waals surface area contributed by atoms with Crippen molar-refractivity contribution in [2.75, 3.05) is 0 Å². The van der Waals surface area contributed by atoms with Crippen LogP contribution in [0.4, 0.5) is 4.79 Å². The minimum absolute atomic E-state index is 0.228. The van der Waals surface area contributed by atoms with E-state index in [1.165, 1.54) is 0 Å². The molecule has 1 aromatic carbocycles. The Morgan fingerprint density at radius 2 is 1.94 bits per heavy atom. The first-order chi connectivity index (χ1) is 7.59. The van der Waals surface area contributed by atoms with Gasteiger partial charge in [-0.3, -0.25) is 4.84 Å². The monoisotopic (exact) mass is 262 g/mol. The number of halogens is 2. The third-order valence-electron chi connectivity index (χ3n) is 1.39. The van der Waals surface area contributed by atoms with Crippen molar-refractivity contribution >= 4 is 35.2 Å².